The Bertz CT molecular complexity index is 325. The Morgan fingerprint density at radius 1 is 1.73 bits per heavy atom. The molecule has 1 atom stereocenters. The van der Waals surface area contributed by atoms with Crippen molar-refractivity contribution in [3.8, 4) is 0 Å². The van der Waals surface area contributed by atoms with Gasteiger partial charge in [-0.2, -0.15) is 5.10 Å². The second-order valence-electron chi connectivity index (χ2n) is 4.04. The minimum atomic E-state index is -0.287. The Hall–Kier alpha value is -1.17. The zero-order valence-corrected chi connectivity index (χ0v) is 9.85. The Balaban J connectivity index is 2.66. The molecule has 1 rings (SSSR count). The molecule has 84 valence electrons. The summed E-state index contributed by atoms with van der Waals surface area (Å²) in [6, 6.07) is 0. The predicted octanol–water partition coefficient (Wildman–Crippen LogP) is 0.395. The molecule has 0 aliphatic heterocycles. The molecule has 0 spiro atoms. The van der Waals surface area contributed by atoms with E-state index in [0.29, 0.717) is 6.42 Å². The summed E-state index contributed by atoms with van der Waals surface area (Å²) in [6.45, 7) is 3.89. The van der Waals surface area contributed by atoms with Crippen LogP contribution in [0.5, 0.6) is 0 Å². The van der Waals surface area contributed by atoms with Gasteiger partial charge in [-0.15, -0.1) is 0 Å². The van der Waals surface area contributed by atoms with Gasteiger partial charge in [0.25, 0.3) is 0 Å². The SMILES string of the molecule is COC(=O)[C@H]1C/C(=N\NC(N)=S)C1(C)C. The summed E-state index contributed by atoms with van der Waals surface area (Å²) < 4.78 is 4.70. The number of methoxy groups -OCH3 is 1. The monoisotopic (exact) mass is 229 g/mol. The molecule has 1 aliphatic rings. The minimum Gasteiger partial charge on any atom is -0.469 e. The lowest BCUT2D eigenvalue weighted by Crippen LogP contribution is -2.51. The number of nitrogens with two attached hydrogens (primary N) is 1. The van der Waals surface area contributed by atoms with Crippen LogP contribution in [0, 0.1) is 11.3 Å². The van der Waals surface area contributed by atoms with Gasteiger partial charge in [-0.25, -0.2) is 0 Å². The maximum atomic E-state index is 11.3. The maximum absolute atomic E-state index is 11.3. The van der Waals surface area contributed by atoms with E-state index in [1.54, 1.807) is 0 Å². The van der Waals surface area contributed by atoms with Crippen LogP contribution in [-0.4, -0.2) is 23.9 Å². The van der Waals surface area contributed by atoms with Gasteiger partial charge >= 0.3 is 5.97 Å². The molecule has 0 unspecified atom stereocenters. The van der Waals surface area contributed by atoms with Gasteiger partial charge in [0.2, 0.25) is 0 Å². The van der Waals surface area contributed by atoms with E-state index in [9.17, 15) is 4.79 Å². The summed E-state index contributed by atoms with van der Waals surface area (Å²) in [4.78, 5) is 11.3. The van der Waals surface area contributed by atoms with Crippen molar-refractivity contribution < 1.29 is 9.53 Å². The van der Waals surface area contributed by atoms with E-state index < -0.39 is 0 Å². The fourth-order valence-electron chi connectivity index (χ4n) is 1.61. The zero-order chi connectivity index (χ0) is 11.6. The molecule has 0 radical (unpaired) electrons. The highest BCUT2D eigenvalue weighted by Gasteiger charge is 2.50. The van der Waals surface area contributed by atoms with Gasteiger partial charge in [0, 0.05) is 17.5 Å². The third-order valence-corrected chi connectivity index (χ3v) is 2.89. The van der Waals surface area contributed by atoms with Crippen molar-refractivity contribution in [2.45, 2.75) is 20.3 Å². The average Bonchev–Trinajstić information content (AvgIpc) is 2.15. The summed E-state index contributed by atoms with van der Waals surface area (Å²) >= 11 is 4.63. The number of esters is 1. The van der Waals surface area contributed by atoms with Crippen molar-refractivity contribution >= 4 is 29.0 Å². The molecule has 5 nitrogen and oxygen atoms in total. The molecule has 15 heavy (non-hydrogen) atoms. The molecule has 0 saturated heterocycles. The van der Waals surface area contributed by atoms with Gasteiger partial charge in [-0.05, 0) is 12.2 Å². The minimum absolute atomic E-state index is 0.125. The molecule has 1 aliphatic carbocycles. The Labute approximate surface area is 94.0 Å². The van der Waals surface area contributed by atoms with Crippen LogP contribution in [0.15, 0.2) is 5.10 Å². The van der Waals surface area contributed by atoms with Crippen molar-refractivity contribution in [2.75, 3.05) is 7.11 Å². The Morgan fingerprint density at radius 3 is 2.73 bits per heavy atom. The lowest BCUT2D eigenvalue weighted by atomic mass is 9.61. The molecule has 1 fully saturated rings. The van der Waals surface area contributed by atoms with Crippen LogP contribution in [0.3, 0.4) is 0 Å². The van der Waals surface area contributed by atoms with E-state index >= 15 is 0 Å². The number of nitrogens with zero attached hydrogens (tertiary/aromatic N) is 1. The van der Waals surface area contributed by atoms with Crippen LogP contribution in [0.4, 0.5) is 0 Å². The van der Waals surface area contributed by atoms with E-state index in [2.05, 4.69) is 22.7 Å². The van der Waals surface area contributed by atoms with E-state index in [1.165, 1.54) is 7.11 Å². The van der Waals surface area contributed by atoms with Gasteiger partial charge < -0.3 is 10.5 Å². The first-order valence-corrected chi connectivity index (χ1v) is 5.00. The largest absolute Gasteiger partial charge is 0.469 e. The highest BCUT2D eigenvalue weighted by Crippen LogP contribution is 2.43. The standard InChI is InChI=1S/C9H15N3O2S/c1-9(2)5(7(13)14-3)4-6(9)11-12-8(10)15/h5H,4H2,1-3H3,(H3,10,12,15)/b11-6+/t5-/m1/s1. The fraction of sp³-hybridized carbons (Fsp3) is 0.667. The molecule has 0 aromatic carbocycles. The number of nitrogens with one attached hydrogen (secondary N) is 1. The van der Waals surface area contributed by atoms with E-state index in [1.807, 2.05) is 13.8 Å². The second kappa shape index (κ2) is 4.14. The van der Waals surface area contributed by atoms with Gasteiger partial charge in [0.05, 0.1) is 13.0 Å². The van der Waals surface area contributed by atoms with Crippen LogP contribution in [0.1, 0.15) is 20.3 Å². The molecule has 6 heteroatoms. The van der Waals surface area contributed by atoms with E-state index in [-0.39, 0.29) is 22.4 Å². The molecular weight excluding hydrogens is 214 g/mol. The normalized spacial score (nSPS) is 25.5. The Kier molecular flexibility index (Phi) is 3.28. The summed E-state index contributed by atoms with van der Waals surface area (Å²) in [7, 11) is 1.39. The molecule has 0 bridgehead atoms. The van der Waals surface area contributed by atoms with Crippen molar-refractivity contribution in [3.05, 3.63) is 0 Å². The lowest BCUT2D eigenvalue weighted by molar-refractivity contribution is -0.149. The summed E-state index contributed by atoms with van der Waals surface area (Å²) in [6.07, 6.45) is 0.593. The zero-order valence-electron chi connectivity index (χ0n) is 9.03. The second-order valence-corrected chi connectivity index (χ2v) is 4.48. The molecule has 3 N–H and O–H groups in total. The predicted molar refractivity (Wildman–Crippen MR) is 61.3 cm³/mol. The van der Waals surface area contributed by atoms with Crippen LogP contribution < -0.4 is 11.2 Å². The number of rotatable bonds is 2. The quantitative estimate of drug-likeness (QED) is 0.407. The van der Waals surface area contributed by atoms with Crippen LogP contribution >= 0.6 is 12.2 Å². The molecule has 0 aromatic rings. The van der Waals surface area contributed by atoms with Crippen molar-refractivity contribution in [1.82, 2.24) is 5.43 Å². The number of hydrazone groups is 1. The van der Waals surface area contributed by atoms with Crippen molar-refractivity contribution in [3.63, 3.8) is 0 Å². The fourth-order valence-corrected chi connectivity index (χ4v) is 1.66. The number of ether oxygens (including phenoxy) is 1. The van der Waals surface area contributed by atoms with Crippen molar-refractivity contribution in [2.24, 2.45) is 22.2 Å². The molecular formula is C9H15N3O2S. The molecule has 0 aromatic heterocycles. The highest BCUT2D eigenvalue weighted by atomic mass is 32.1. The molecule has 0 heterocycles. The third kappa shape index (κ3) is 2.26. The summed E-state index contributed by atoms with van der Waals surface area (Å²) in [5, 5.41) is 4.17. The van der Waals surface area contributed by atoms with Crippen LogP contribution in [0.25, 0.3) is 0 Å². The van der Waals surface area contributed by atoms with Gasteiger partial charge in [-0.3, -0.25) is 10.2 Å². The number of hydrogen-bond donors (Lipinski definition) is 2. The maximum Gasteiger partial charge on any atom is 0.309 e. The van der Waals surface area contributed by atoms with Crippen LogP contribution in [0.2, 0.25) is 0 Å². The van der Waals surface area contributed by atoms with Gasteiger partial charge in [-0.1, -0.05) is 13.8 Å². The Morgan fingerprint density at radius 2 is 2.33 bits per heavy atom. The first-order valence-electron chi connectivity index (χ1n) is 4.60. The number of carbonyl (C=O) groups is 1. The lowest BCUT2D eigenvalue weighted by Gasteiger charge is -2.43. The third-order valence-electron chi connectivity index (χ3n) is 2.80. The first-order chi connectivity index (χ1) is 6.89. The average molecular weight is 229 g/mol. The van der Waals surface area contributed by atoms with Crippen LogP contribution in [-0.2, 0) is 9.53 Å². The van der Waals surface area contributed by atoms with Crippen molar-refractivity contribution in [1.29, 1.82) is 0 Å². The van der Waals surface area contributed by atoms with Gasteiger partial charge in [0.1, 0.15) is 0 Å². The summed E-state index contributed by atoms with van der Waals surface area (Å²) in [5.41, 5.74) is 8.37. The number of carbonyl (C=O) groups excluding carboxylic acids is 1. The smallest absolute Gasteiger partial charge is 0.309 e. The van der Waals surface area contributed by atoms with E-state index in [4.69, 9.17) is 10.5 Å². The highest BCUT2D eigenvalue weighted by molar-refractivity contribution is 7.80. The first kappa shape index (κ1) is 11.9. The van der Waals surface area contributed by atoms with Gasteiger partial charge in [0.15, 0.2) is 5.11 Å². The number of hydrogen-bond acceptors (Lipinski definition) is 4. The van der Waals surface area contributed by atoms with E-state index in [0.717, 1.165) is 5.71 Å². The topological polar surface area (TPSA) is 76.7 Å². The molecule has 0 amide bonds. The summed E-state index contributed by atoms with van der Waals surface area (Å²) in [5.74, 6) is -0.330. The number of thiocarbonyl (C=S) groups is 1. The molecule has 1 saturated carbocycles.